The number of carbonyl (C=O) groups is 1. The lowest BCUT2D eigenvalue weighted by Crippen LogP contribution is -2.28. The average Bonchev–Trinajstić information content (AvgIpc) is 3.14. The van der Waals surface area contributed by atoms with E-state index in [0.717, 1.165) is 53.8 Å². The molecule has 9 heteroatoms. The molecule has 0 fully saturated rings. The first-order valence-electron chi connectivity index (χ1n) is 10.7. The molecule has 0 aromatic carbocycles. The number of fused-ring (bicyclic) bond motifs is 1. The van der Waals surface area contributed by atoms with Crippen molar-refractivity contribution in [3.63, 3.8) is 0 Å². The predicted octanol–water partition coefficient (Wildman–Crippen LogP) is 1.88. The van der Waals surface area contributed by atoms with Gasteiger partial charge in [-0.3, -0.25) is 24.2 Å². The van der Waals surface area contributed by atoms with Crippen LogP contribution in [0.1, 0.15) is 40.7 Å². The van der Waals surface area contributed by atoms with E-state index in [-0.39, 0.29) is 11.5 Å². The van der Waals surface area contributed by atoms with Crippen LogP contribution in [0.2, 0.25) is 0 Å². The molecule has 2 N–H and O–H groups in total. The van der Waals surface area contributed by atoms with Gasteiger partial charge >= 0.3 is 0 Å². The van der Waals surface area contributed by atoms with Gasteiger partial charge in [-0.2, -0.15) is 5.10 Å². The molecule has 1 aliphatic rings. The molecule has 0 atom stereocenters. The molecule has 0 unspecified atom stereocenters. The van der Waals surface area contributed by atoms with Crippen molar-refractivity contribution in [3.05, 3.63) is 57.3 Å². The molecule has 9 nitrogen and oxygen atoms in total. The number of aromatic amines is 1. The first kappa shape index (κ1) is 21.8. The van der Waals surface area contributed by atoms with Crippen LogP contribution >= 0.6 is 0 Å². The van der Waals surface area contributed by atoms with Gasteiger partial charge in [0, 0.05) is 45.5 Å². The molecule has 0 saturated heterocycles. The second-order valence-corrected chi connectivity index (χ2v) is 7.90. The molecular weight excluding hydrogens is 408 g/mol. The Morgan fingerprint density at radius 3 is 2.81 bits per heavy atom. The molecular formula is C23H28N6O3. The van der Waals surface area contributed by atoms with Crippen molar-refractivity contribution in [2.45, 2.75) is 26.3 Å². The van der Waals surface area contributed by atoms with Crippen molar-refractivity contribution in [1.29, 1.82) is 0 Å². The molecule has 3 aromatic heterocycles. The van der Waals surface area contributed by atoms with E-state index in [1.807, 2.05) is 25.3 Å². The maximum Gasteiger partial charge on any atom is 0.273 e. The van der Waals surface area contributed by atoms with E-state index < -0.39 is 0 Å². The molecule has 3 aromatic rings. The second kappa shape index (κ2) is 8.96. The summed E-state index contributed by atoms with van der Waals surface area (Å²) in [5.74, 6) is 0.273. The molecule has 168 valence electrons. The summed E-state index contributed by atoms with van der Waals surface area (Å²) in [5, 5.41) is 7.17. The van der Waals surface area contributed by atoms with Crippen molar-refractivity contribution in [2.24, 2.45) is 7.05 Å². The van der Waals surface area contributed by atoms with Crippen LogP contribution < -0.4 is 15.6 Å². The van der Waals surface area contributed by atoms with Crippen LogP contribution in [-0.4, -0.2) is 57.8 Å². The fourth-order valence-corrected chi connectivity index (χ4v) is 4.12. The van der Waals surface area contributed by atoms with Crippen molar-refractivity contribution < 1.29 is 9.53 Å². The third-order valence-electron chi connectivity index (χ3n) is 5.86. The lowest BCUT2D eigenvalue weighted by molar-refractivity contribution is 0.0950. The number of hydrogen-bond donors (Lipinski definition) is 2. The molecule has 32 heavy (non-hydrogen) atoms. The molecule has 0 spiro atoms. The zero-order valence-electron chi connectivity index (χ0n) is 18.9. The van der Waals surface area contributed by atoms with Crippen molar-refractivity contribution in [3.8, 4) is 5.75 Å². The van der Waals surface area contributed by atoms with Gasteiger partial charge in [-0.1, -0.05) is 13.0 Å². The molecule has 0 radical (unpaired) electrons. The Morgan fingerprint density at radius 2 is 2.16 bits per heavy atom. The second-order valence-electron chi connectivity index (χ2n) is 7.90. The highest BCUT2D eigenvalue weighted by Gasteiger charge is 2.26. The topological polar surface area (TPSA) is 105 Å². The van der Waals surface area contributed by atoms with Crippen LogP contribution in [0.5, 0.6) is 5.75 Å². The SMILES string of the molecule is CCc1cc2ncc(CN3CC=C(c4nn(C)c(C(=O)NC)c4OC)CC3)cc2[nH]c1=O. The summed E-state index contributed by atoms with van der Waals surface area (Å²) in [5.41, 5.74) is 5.50. The number of aromatic nitrogens is 4. The summed E-state index contributed by atoms with van der Waals surface area (Å²) in [4.78, 5) is 34.1. The van der Waals surface area contributed by atoms with Gasteiger partial charge in [-0.25, -0.2) is 0 Å². The van der Waals surface area contributed by atoms with Gasteiger partial charge in [0.05, 0.1) is 18.1 Å². The van der Waals surface area contributed by atoms with Crippen LogP contribution in [-0.2, 0) is 20.0 Å². The largest absolute Gasteiger partial charge is 0.492 e. The minimum absolute atomic E-state index is 0.0510. The Balaban J connectivity index is 1.52. The highest BCUT2D eigenvalue weighted by Crippen LogP contribution is 2.32. The van der Waals surface area contributed by atoms with Gasteiger partial charge < -0.3 is 15.0 Å². The van der Waals surface area contributed by atoms with Crippen LogP contribution in [0.3, 0.4) is 0 Å². The molecule has 0 aliphatic carbocycles. The first-order valence-corrected chi connectivity index (χ1v) is 10.7. The number of amides is 1. The van der Waals surface area contributed by atoms with E-state index in [9.17, 15) is 9.59 Å². The van der Waals surface area contributed by atoms with Crippen molar-refractivity contribution in [1.82, 2.24) is 30.0 Å². The standard InChI is InChI=1S/C23H28N6O3/c1-5-15-11-17-18(26-22(15)30)10-14(12-25-17)13-29-8-6-16(7-9-29)19-21(32-4)20(23(31)24-2)28(3)27-19/h6,10-12H,5,7-9,13H2,1-4H3,(H,24,31)(H,26,30). The smallest absolute Gasteiger partial charge is 0.273 e. The molecule has 1 aliphatic heterocycles. The van der Waals surface area contributed by atoms with Crippen LogP contribution in [0.15, 0.2) is 29.2 Å². The summed E-state index contributed by atoms with van der Waals surface area (Å²) in [6, 6.07) is 3.86. The minimum atomic E-state index is -0.228. The molecule has 0 saturated carbocycles. The third kappa shape index (κ3) is 4.03. The Hall–Kier alpha value is -3.46. The molecule has 0 bridgehead atoms. The highest BCUT2D eigenvalue weighted by atomic mass is 16.5. The number of pyridine rings is 2. The fourth-order valence-electron chi connectivity index (χ4n) is 4.12. The normalized spacial score (nSPS) is 14.4. The van der Waals surface area contributed by atoms with Gasteiger partial charge in [0.1, 0.15) is 5.69 Å². The monoisotopic (exact) mass is 436 g/mol. The summed E-state index contributed by atoms with van der Waals surface area (Å²) in [6.07, 6.45) is 5.48. The van der Waals surface area contributed by atoms with Gasteiger partial charge in [0.2, 0.25) is 0 Å². The summed E-state index contributed by atoms with van der Waals surface area (Å²) < 4.78 is 7.09. The van der Waals surface area contributed by atoms with Gasteiger partial charge in [-0.05, 0) is 36.1 Å². The number of ether oxygens (including phenoxy) is 1. The maximum atomic E-state index is 12.2. The van der Waals surface area contributed by atoms with Crippen molar-refractivity contribution >= 4 is 22.5 Å². The van der Waals surface area contributed by atoms with E-state index >= 15 is 0 Å². The van der Waals surface area contributed by atoms with Gasteiger partial charge in [0.25, 0.3) is 11.5 Å². The third-order valence-corrected chi connectivity index (χ3v) is 5.86. The number of nitrogens with one attached hydrogen (secondary N) is 2. The number of carbonyl (C=O) groups excluding carboxylic acids is 1. The number of hydrogen-bond acceptors (Lipinski definition) is 6. The van der Waals surface area contributed by atoms with E-state index in [1.54, 1.807) is 25.9 Å². The number of H-pyrrole nitrogens is 1. The van der Waals surface area contributed by atoms with Crippen molar-refractivity contribution in [2.75, 3.05) is 27.2 Å². The van der Waals surface area contributed by atoms with Gasteiger partial charge in [0.15, 0.2) is 11.4 Å². The lowest BCUT2D eigenvalue weighted by atomic mass is 10.0. The summed E-state index contributed by atoms with van der Waals surface area (Å²) in [6.45, 7) is 4.27. The molecule has 1 amide bonds. The van der Waals surface area contributed by atoms with Crippen LogP contribution in [0.4, 0.5) is 0 Å². The Morgan fingerprint density at radius 1 is 1.34 bits per heavy atom. The fraction of sp³-hybridized carbons (Fsp3) is 0.391. The van der Waals surface area contributed by atoms with Crippen LogP contribution in [0.25, 0.3) is 16.6 Å². The Kier molecular flexibility index (Phi) is 6.09. The van der Waals surface area contributed by atoms with E-state index in [0.29, 0.717) is 23.6 Å². The molecule has 4 rings (SSSR count). The Bertz CT molecular complexity index is 1260. The summed E-state index contributed by atoms with van der Waals surface area (Å²) in [7, 11) is 4.89. The lowest BCUT2D eigenvalue weighted by Gasteiger charge is -2.26. The predicted molar refractivity (Wildman–Crippen MR) is 123 cm³/mol. The number of nitrogens with zero attached hydrogens (tertiary/aromatic N) is 4. The van der Waals surface area contributed by atoms with Gasteiger partial charge in [-0.15, -0.1) is 0 Å². The highest BCUT2D eigenvalue weighted by molar-refractivity contribution is 5.96. The van der Waals surface area contributed by atoms with E-state index in [4.69, 9.17) is 4.74 Å². The van der Waals surface area contributed by atoms with E-state index in [2.05, 4.69) is 31.4 Å². The number of methoxy groups -OCH3 is 1. The quantitative estimate of drug-likeness (QED) is 0.611. The number of rotatable bonds is 6. The maximum absolute atomic E-state index is 12.2. The van der Waals surface area contributed by atoms with E-state index in [1.165, 1.54) is 0 Å². The first-order chi connectivity index (χ1) is 15.4. The Labute approximate surface area is 186 Å². The minimum Gasteiger partial charge on any atom is -0.492 e. The van der Waals surface area contributed by atoms with Crippen LogP contribution in [0, 0.1) is 0 Å². The zero-order valence-corrected chi connectivity index (χ0v) is 18.9. The molecule has 4 heterocycles. The number of aryl methyl sites for hydroxylation is 2. The summed E-state index contributed by atoms with van der Waals surface area (Å²) >= 11 is 0. The zero-order chi connectivity index (χ0) is 22.8. The average molecular weight is 437 g/mol.